The Morgan fingerprint density at radius 3 is 2.83 bits per heavy atom. The van der Waals surface area contributed by atoms with Crippen molar-refractivity contribution in [3.8, 4) is 5.75 Å². The van der Waals surface area contributed by atoms with Crippen molar-refractivity contribution >= 4 is 11.6 Å². The van der Waals surface area contributed by atoms with Gasteiger partial charge in [-0.15, -0.1) is 0 Å². The van der Waals surface area contributed by atoms with Gasteiger partial charge in [0, 0.05) is 5.69 Å². The molecule has 1 aromatic rings. The van der Waals surface area contributed by atoms with E-state index >= 15 is 0 Å². The first-order valence-corrected chi connectivity index (χ1v) is 6.26. The Balaban J connectivity index is 2.12. The highest BCUT2D eigenvalue weighted by molar-refractivity contribution is 5.98. The molecule has 1 aliphatic rings. The lowest BCUT2D eigenvalue weighted by molar-refractivity contribution is -0.121. The van der Waals surface area contributed by atoms with Gasteiger partial charge < -0.3 is 15.4 Å². The van der Waals surface area contributed by atoms with Gasteiger partial charge in [0.1, 0.15) is 5.75 Å². The normalized spacial score (nSPS) is 22.8. The van der Waals surface area contributed by atoms with E-state index in [1.165, 1.54) is 0 Å². The van der Waals surface area contributed by atoms with E-state index in [1.54, 1.807) is 7.11 Å². The number of carbonyl (C=O) groups is 1. The van der Waals surface area contributed by atoms with E-state index in [1.807, 2.05) is 32.0 Å². The van der Waals surface area contributed by atoms with E-state index in [0.717, 1.165) is 36.4 Å². The molecule has 0 bridgehead atoms. The van der Waals surface area contributed by atoms with Crippen molar-refractivity contribution in [3.05, 3.63) is 23.8 Å². The van der Waals surface area contributed by atoms with E-state index in [9.17, 15) is 4.79 Å². The van der Waals surface area contributed by atoms with Crippen LogP contribution >= 0.6 is 0 Å². The molecule has 1 atom stereocenters. The number of carbonyl (C=O) groups excluding carboxylic acids is 1. The fourth-order valence-electron chi connectivity index (χ4n) is 2.25. The van der Waals surface area contributed by atoms with Crippen molar-refractivity contribution in [3.63, 3.8) is 0 Å². The zero-order valence-electron chi connectivity index (χ0n) is 11.2. The maximum Gasteiger partial charge on any atom is 0.244 e. The van der Waals surface area contributed by atoms with E-state index in [4.69, 9.17) is 4.74 Å². The van der Waals surface area contributed by atoms with Crippen LogP contribution in [0.2, 0.25) is 0 Å². The highest BCUT2D eigenvalue weighted by atomic mass is 16.5. The van der Waals surface area contributed by atoms with Gasteiger partial charge in [-0.2, -0.15) is 0 Å². The molecule has 1 amide bonds. The van der Waals surface area contributed by atoms with Crippen molar-refractivity contribution < 1.29 is 9.53 Å². The third-order valence-electron chi connectivity index (χ3n) is 3.55. The van der Waals surface area contributed by atoms with Crippen LogP contribution in [-0.2, 0) is 4.79 Å². The molecule has 1 aromatic carbocycles. The molecule has 1 aliphatic heterocycles. The molecule has 1 unspecified atom stereocenters. The standard InChI is InChI=1S/C14H20N2O2/c1-10-9-11(18-3)5-6-12(10)16-13(17)14(2)7-4-8-15-14/h5-6,9,15H,4,7-8H2,1-3H3,(H,16,17). The van der Waals surface area contributed by atoms with Gasteiger partial charge >= 0.3 is 0 Å². The average Bonchev–Trinajstić information content (AvgIpc) is 2.80. The van der Waals surface area contributed by atoms with E-state index < -0.39 is 5.54 Å². The summed E-state index contributed by atoms with van der Waals surface area (Å²) in [7, 11) is 1.64. The molecule has 0 radical (unpaired) electrons. The maximum absolute atomic E-state index is 12.2. The first kappa shape index (κ1) is 12.9. The topological polar surface area (TPSA) is 50.4 Å². The lowest BCUT2D eigenvalue weighted by Crippen LogP contribution is -2.48. The monoisotopic (exact) mass is 248 g/mol. The number of anilines is 1. The van der Waals surface area contributed by atoms with E-state index in [-0.39, 0.29) is 5.91 Å². The lowest BCUT2D eigenvalue weighted by Gasteiger charge is -2.23. The Bertz CT molecular complexity index is 451. The summed E-state index contributed by atoms with van der Waals surface area (Å²) in [6.45, 7) is 4.82. The molecule has 98 valence electrons. The predicted octanol–water partition coefficient (Wildman–Crippen LogP) is 2.08. The van der Waals surface area contributed by atoms with Crippen LogP contribution in [0.25, 0.3) is 0 Å². The number of aryl methyl sites for hydroxylation is 1. The average molecular weight is 248 g/mol. The van der Waals surface area contributed by atoms with Crippen LogP contribution in [0.15, 0.2) is 18.2 Å². The third-order valence-corrected chi connectivity index (χ3v) is 3.55. The molecule has 4 nitrogen and oxygen atoms in total. The summed E-state index contributed by atoms with van der Waals surface area (Å²) < 4.78 is 5.15. The van der Waals surface area contributed by atoms with Crippen LogP contribution < -0.4 is 15.4 Å². The molecule has 1 fully saturated rings. The molecule has 0 aliphatic carbocycles. The number of amides is 1. The van der Waals surface area contributed by atoms with Crippen molar-refractivity contribution in [1.29, 1.82) is 0 Å². The Morgan fingerprint density at radius 2 is 2.28 bits per heavy atom. The molecule has 2 N–H and O–H groups in total. The molecule has 2 rings (SSSR count). The Hall–Kier alpha value is -1.55. The molecule has 4 heteroatoms. The number of hydrogen-bond acceptors (Lipinski definition) is 3. The molecule has 1 heterocycles. The number of ether oxygens (including phenoxy) is 1. The maximum atomic E-state index is 12.2. The number of hydrogen-bond donors (Lipinski definition) is 2. The summed E-state index contributed by atoms with van der Waals surface area (Å²) in [4.78, 5) is 12.2. The largest absolute Gasteiger partial charge is 0.497 e. The first-order valence-electron chi connectivity index (χ1n) is 6.26. The van der Waals surface area contributed by atoms with Crippen LogP contribution in [0, 0.1) is 6.92 Å². The van der Waals surface area contributed by atoms with Gasteiger partial charge in [0.05, 0.1) is 12.6 Å². The molecule has 0 spiro atoms. The minimum atomic E-state index is -0.438. The number of rotatable bonds is 3. The molecular formula is C14H20N2O2. The first-order chi connectivity index (χ1) is 8.55. The molecular weight excluding hydrogens is 228 g/mol. The van der Waals surface area contributed by atoms with Crippen LogP contribution in [0.5, 0.6) is 5.75 Å². The fourth-order valence-corrected chi connectivity index (χ4v) is 2.25. The van der Waals surface area contributed by atoms with Gasteiger partial charge in [0.2, 0.25) is 5.91 Å². The second-order valence-electron chi connectivity index (χ2n) is 5.00. The van der Waals surface area contributed by atoms with Gasteiger partial charge in [-0.3, -0.25) is 4.79 Å². The summed E-state index contributed by atoms with van der Waals surface area (Å²) in [5.74, 6) is 0.837. The van der Waals surface area contributed by atoms with Crippen LogP contribution in [0.3, 0.4) is 0 Å². The van der Waals surface area contributed by atoms with Gasteiger partial charge in [0.25, 0.3) is 0 Å². The van der Waals surface area contributed by atoms with Crippen molar-refractivity contribution in [1.82, 2.24) is 5.32 Å². The summed E-state index contributed by atoms with van der Waals surface area (Å²) in [6, 6.07) is 5.65. The predicted molar refractivity (Wildman–Crippen MR) is 72.0 cm³/mol. The van der Waals surface area contributed by atoms with E-state index in [2.05, 4.69) is 10.6 Å². The summed E-state index contributed by atoms with van der Waals surface area (Å²) in [6.07, 6.45) is 1.93. The second-order valence-corrected chi connectivity index (χ2v) is 5.00. The van der Waals surface area contributed by atoms with Gasteiger partial charge in [0.15, 0.2) is 0 Å². The van der Waals surface area contributed by atoms with Crippen LogP contribution in [-0.4, -0.2) is 25.1 Å². The molecule has 1 saturated heterocycles. The second kappa shape index (κ2) is 4.98. The highest BCUT2D eigenvalue weighted by Crippen LogP contribution is 2.24. The summed E-state index contributed by atoms with van der Waals surface area (Å²) >= 11 is 0. The van der Waals surface area contributed by atoms with Crippen LogP contribution in [0.1, 0.15) is 25.3 Å². The Labute approximate surface area is 108 Å². The minimum Gasteiger partial charge on any atom is -0.497 e. The molecule has 0 saturated carbocycles. The summed E-state index contributed by atoms with van der Waals surface area (Å²) in [5.41, 5.74) is 1.41. The Kier molecular flexibility index (Phi) is 3.57. The van der Waals surface area contributed by atoms with Crippen molar-refractivity contribution in [2.24, 2.45) is 0 Å². The Morgan fingerprint density at radius 1 is 1.50 bits per heavy atom. The third kappa shape index (κ3) is 2.48. The van der Waals surface area contributed by atoms with Gasteiger partial charge in [-0.25, -0.2) is 0 Å². The van der Waals surface area contributed by atoms with Gasteiger partial charge in [-0.05, 0) is 57.0 Å². The van der Waals surface area contributed by atoms with Gasteiger partial charge in [-0.1, -0.05) is 0 Å². The number of benzene rings is 1. The minimum absolute atomic E-state index is 0.0354. The number of methoxy groups -OCH3 is 1. The van der Waals surface area contributed by atoms with E-state index in [0.29, 0.717) is 0 Å². The quantitative estimate of drug-likeness (QED) is 0.861. The summed E-state index contributed by atoms with van der Waals surface area (Å²) in [5, 5.41) is 6.25. The molecule has 0 aromatic heterocycles. The smallest absolute Gasteiger partial charge is 0.244 e. The SMILES string of the molecule is COc1ccc(NC(=O)C2(C)CCCN2)c(C)c1. The zero-order valence-corrected chi connectivity index (χ0v) is 11.2. The van der Waals surface area contributed by atoms with Crippen molar-refractivity contribution in [2.45, 2.75) is 32.2 Å². The number of nitrogens with one attached hydrogen (secondary N) is 2. The van der Waals surface area contributed by atoms with Crippen LogP contribution in [0.4, 0.5) is 5.69 Å². The van der Waals surface area contributed by atoms with Crippen molar-refractivity contribution in [2.75, 3.05) is 19.0 Å². The lowest BCUT2D eigenvalue weighted by atomic mass is 9.99. The zero-order chi connectivity index (χ0) is 13.2. The fraction of sp³-hybridized carbons (Fsp3) is 0.500. The highest BCUT2D eigenvalue weighted by Gasteiger charge is 2.35. The molecule has 18 heavy (non-hydrogen) atoms.